The van der Waals surface area contributed by atoms with Crippen LogP contribution in [0.3, 0.4) is 0 Å². The van der Waals surface area contributed by atoms with E-state index in [1.165, 1.54) is 12.8 Å². The van der Waals surface area contributed by atoms with E-state index in [2.05, 4.69) is 36.8 Å². The zero-order valence-corrected chi connectivity index (χ0v) is 15.8. The topological polar surface area (TPSA) is 40.6 Å². The lowest BCUT2D eigenvalue weighted by atomic mass is 10.2. The van der Waals surface area contributed by atoms with Crippen molar-refractivity contribution in [3.05, 3.63) is 26.6 Å². The van der Waals surface area contributed by atoms with Crippen LogP contribution >= 0.6 is 31.9 Å². The first-order chi connectivity index (χ1) is 9.89. The molecule has 0 bridgehead atoms. The summed E-state index contributed by atoms with van der Waals surface area (Å²) in [4.78, 5) is 2.76. The minimum Gasteiger partial charge on any atom is -0.298 e. The van der Waals surface area contributed by atoms with Crippen LogP contribution in [0.2, 0.25) is 0 Å². The lowest BCUT2D eigenvalue weighted by molar-refractivity contribution is 0.180. The van der Waals surface area contributed by atoms with E-state index in [9.17, 15) is 8.42 Å². The maximum absolute atomic E-state index is 12.8. The van der Waals surface area contributed by atoms with Gasteiger partial charge in [-0.25, -0.2) is 8.42 Å². The van der Waals surface area contributed by atoms with Crippen LogP contribution in [0.25, 0.3) is 0 Å². The molecule has 1 aromatic carbocycles. The first-order valence-corrected chi connectivity index (χ1v) is 10.1. The van der Waals surface area contributed by atoms with Gasteiger partial charge in [-0.15, -0.1) is 0 Å². The zero-order valence-electron chi connectivity index (χ0n) is 11.8. The summed E-state index contributed by atoms with van der Waals surface area (Å²) in [5.74, 6) is 0. The monoisotopic (exact) mass is 436 g/mol. The zero-order chi connectivity index (χ0) is 15.2. The molecule has 0 amide bonds. The number of aryl methyl sites for hydroxylation is 1. The first kappa shape index (κ1) is 15.9. The second-order valence-corrected chi connectivity index (χ2v) is 9.32. The van der Waals surface area contributed by atoms with E-state index in [0.29, 0.717) is 28.5 Å². The van der Waals surface area contributed by atoms with Gasteiger partial charge in [-0.3, -0.25) is 4.90 Å². The summed E-state index contributed by atoms with van der Waals surface area (Å²) in [6.45, 7) is 4.79. The van der Waals surface area contributed by atoms with Crippen LogP contribution in [0.4, 0.5) is 0 Å². The van der Waals surface area contributed by atoms with E-state index >= 15 is 0 Å². The molecular formula is C14H18Br2N2O2S. The second kappa shape index (κ2) is 5.92. The molecule has 0 atom stereocenters. The van der Waals surface area contributed by atoms with E-state index in [1.807, 2.05) is 13.0 Å². The maximum atomic E-state index is 12.8. The Hall–Kier alpha value is 0.0500. The second-order valence-electron chi connectivity index (χ2n) is 5.70. The van der Waals surface area contributed by atoms with Gasteiger partial charge in [0.2, 0.25) is 10.0 Å². The number of rotatable bonds is 3. The Morgan fingerprint density at radius 1 is 1.05 bits per heavy atom. The van der Waals surface area contributed by atoms with Crippen molar-refractivity contribution in [1.29, 1.82) is 0 Å². The van der Waals surface area contributed by atoms with E-state index in [0.717, 1.165) is 23.1 Å². The first-order valence-electron chi connectivity index (χ1n) is 7.09. The number of hydrogen-bond donors (Lipinski definition) is 0. The van der Waals surface area contributed by atoms with Gasteiger partial charge in [-0.1, -0.05) is 15.9 Å². The van der Waals surface area contributed by atoms with E-state index in [4.69, 9.17) is 0 Å². The molecule has 1 saturated heterocycles. The Labute approximate surface area is 142 Å². The molecule has 0 unspecified atom stereocenters. The fraction of sp³-hybridized carbons (Fsp3) is 0.571. The third kappa shape index (κ3) is 3.22. The molecule has 1 aliphatic carbocycles. The van der Waals surface area contributed by atoms with Crippen LogP contribution in [0, 0.1) is 6.92 Å². The van der Waals surface area contributed by atoms with Gasteiger partial charge in [-0.2, -0.15) is 4.31 Å². The molecule has 0 N–H and O–H groups in total. The predicted molar refractivity (Wildman–Crippen MR) is 89.9 cm³/mol. The number of piperazine rings is 1. The van der Waals surface area contributed by atoms with Gasteiger partial charge in [0.25, 0.3) is 0 Å². The van der Waals surface area contributed by atoms with E-state index in [1.54, 1.807) is 10.4 Å². The molecule has 3 rings (SSSR count). The summed E-state index contributed by atoms with van der Waals surface area (Å²) in [6.07, 6.45) is 2.53. The Morgan fingerprint density at radius 2 is 1.67 bits per heavy atom. The van der Waals surface area contributed by atoms with Crippen molar-refractivity contribution in [2.75, 3.05) is 26.2 Å². The molecule has 1 saturated carbocycles. The fourth-order valence-corrected chi connectivity index (χ4v) is 5.77. The molecule has 7 heteroatoms. The molecule has 2 fully saturated rings. The maximum Gasteiger partial charge on any atom is 0.244 e. The number of hydrogen-bond acceptors (Lipinski definition) is 3. The highest BCUT2D eigenvalue weighted by molar-refractivity contribution is 9.11. The van der Waals surface area contributed by atoms with Crippen LogP contribution < -0.4 is 0 Å². The molecule has 116 valence electrons. The van der Waals surface area contributed by atoms with Gasteiger partial charge in [0.15, 0.2) is 0 Å². The van der Waals surface area contributed by atoms with Gasteiger partial charge in [-0.05, 0) is 53.4 Å². The average Bonchev–Trinajstić information content (AvgIpc) is 3.27. The predicted octanol–water partition coefficient (Wildman–Crippen LogP) is 2.99. The normalized spacial score (nSPS) is 21.7. The van der Waals surface area contributed by atoms with E-state index < -0.39 is 10.0 Å². The average molecular weight is 438 g/mol. The van der Waals surface area contributed by atoms with Crippen LogP contribution in [-0.2, 0) is 10.0 Å². The van der Waals surface area contributed by atoms with Crippen molar-refractivity contribution in [3.63, 3.8) is 0 Å². The summed E-state index contributed by atoms with van der Waals surface area (Å²) >= 11 is 6.81. The fourth-order valence-electron chi connectivity index (χ4n) is 2.71. The highest BCUT2D eigenvalue weighted by Gasteiger charge is 2.35. The van der Waals surface area contributed by atoms with Crippen LogP contribution in [-0.4, -0.2) is 49.8 Å². The Balaban J connectivity index is 1.82. The van der Waals surface area contributed by atoms with Crippen molar-refractivity contribution in [1.82, 2.24) is 9.21 Å². The van der Waals surface area contributed by atoms with Crippen molar-refractivity contribution < 1.29 is 8.42 Å². The molecule has 4 nitrogen and oxygen atoms in total. The van der Waals surface area contributed by atoms with Crippen molar-refractivity contribution in [3.8, 4) is 0 Å². The van der Waals surface area contributed by atoms with Crippen molar-refractivity contribution >= 4 is 41.9 Å². The molecule has 1 aromatic rings. The Bertz CT molecular complexity index is 651. The molecule has 2 aliphatic rings. The number of nitrogens with zero attached hydrogens (tertiary/aromatic N) is 2. The highest BCUT2D eigenvalue weighted by Crippen LogP contribution is 2.32. The Morgan fingerprint density at radius 3 is 2.24 bits per heavy atom. The van der Waals surface area contributed by atoms with Crippen LogP contribution in [0.5, 0.6) is 0 Å². The molecular weight excluding hydrogens is 420 g/mol. The smallest absolute Gasteiger partial charge is 0.244 e. The third-order valence-corrected chi connectivity index (χ3v) is 7.88. The standard InChI is InChI=1S/C14H18Br2N2O2S/c1-10-8-13(16)14(9-12(10)15)21(19,20)18-6-4-17(5-7-18)11-2-3-11/h8-9,11H,2-7H2,1H3. The summed E-state index contributed by atoms with van der Waals surface area (Å²) in [5, 5.41) is 0. The van der Waals surface area contributed by atoms with Gasteiger partial charge < -0.3 is 0 Å². The van der Waals surface area contributed by atoms with Gasteiger partial charge in [0.05, 0.1) is 4.90 Å². The summed E-state index contributed by atoms with van der Waals surface area (Å²) in [6, 6.07) is 4.24. The summed E-state index contributed by atoms with van der Waals surface area (Å²) in [5.41, 5.74) is 1.01. The molecule has 1 heterocycles. The highest BCUT2D eigenvalue weighted by atomic mass is 79.9. The molecule has 21 heavy (non-hydrogen) atoms. The summed E-state index contributed by atoms with van der Waals surface area (Å²) < 4.78 is 28.7. The quantitative estimate of drug-likeness (QED) is 0.729. The van der Waals surface area contributed by atoms with Gasteiger partial charge in [0.1, 0.15) is 0 Å². The molecule has 0 spiro atoms. The number of halogens is 2. The molecule has 0 radical (unpaired) electrons. The van der Waals surface area contributed by atoms with E-state index in [-0.39, 0.29) is 0 Å². The molecule has 1 aliphatic heterocycles. The molecule has 0 aromatic heterocycles. The lowest BCUT2D eigenvalue weighted by Gasteiger charge is -2.34. The van der Waals surface area contributed by atoms with Crippen molar-refractivity contribution in [2.24, 2.45) is 0 Å². The Kier molecular flexibility index (Phi) is 4.49. The largest absolute Gasteiger partial charge is 0.298 e. The number of sulfonamides is 1. The van der Waals surface area contributed by atoms with Gasteiger partial charge in [0, 0.05) is 41.2 Å². The van der Waals surface area contributed by atoms with Crippen LogP contribution in [0.15, 0.2) is 26.0 Å². The minimum absolute atomic E-state index is 0.347. The SMILES string of the molecule is Cc1cc(Br)c(S(=O)(=O)N2CCN(C3CC3)CC2)cc1Br. The number of benzene rings is 1. The van der Waals surface area contributed by atoms with Crippen molar-refractivity contribution in [2.45, 2.75) is 30.7 Å². The minimum atomic E-state index is -3.43. The van der Waals surface area contributed by atoms with Crippen LogP contribution in [0.1, 0.15) is 18.4 Å². The third-order valence-electron chi connectivity index (χ3n) is 4.17. The summed E-state index contributed by atoms with van der Waals surface area (Å²) in [7, 11) is -3.43. The lowest BCUT2D eigenvalue weighted by Crippen LogP contribution is -2.49. The van der Waals surface area contributed by atoms with Gasteiger partial charge >= 0.3 is 0 Å².